The molecule has 0 radical (unpaired) electrons. The van der Waals surface area contributed by atoms with Gasteiger partial charge >= 0.3 is 6.18 Å². The van der Waals surface area contributed by atoms with E-state index in [0.29, 0.717) is 13.0 Å². The summed E-state index contributed by atoms with van der Waals surface area (Å²) in [7, 11) is 0. The molecule has 2 N–H and O–H groups in total. The first-order valence-corrected chi connectivity index (χ1v) is 7.35. The summed E-state index contributed by atoms with van der Waals surface area (Å²) in [6, 6.07) is 2.83. The van der Waals surface area contributed by atoms with Gasteiger partial charge in [-0.2, -0.15) is 13.2 Å². The molecule has 0 saturated heterocycles. The van der Waals surface area contributed by atoms with Crippen molar-refractivity contribution in [2.75, 3.05) is 13.2 Å². The SMILES string of the molecule is C[C@@H](Oc1ncccc1C(=O)NCC1(CCO)CC1)C(F)(F)F. The van der Waals surface area contributed by atoms with Gasteiger partial charge in [0.05, 0.1) is 0 Å². The van der Waals surface area contributed by atoms with Crippen LogP contribution in [0.4, 0.5) is 13.2 Å². The van der Waals surface area contributed by atoms with Crippen molar-refractivity contribution >= 4 is 5.91 Å². The van der Waals surface area contributed by atoms with E-state index in [2.05, 4.69) is 10.3 Å². The maximum absolute atomic E-state index is 12.6. The van der Waals surface area contributed by atoms with E-state index in [4.69, 9.17) is 9.84 Å². The summed E-state index contributed by atoms with van der Waals surface area (Å²) < 4.78 is 42.6. The second-order valence-corrected chi connectivity index (χ2v) is 5.81. The molecule has 1 aliphatic rings. The number of aromatic nitrogens is 1. The summed E-state index contributed by atoms with van der Waals surface area (Å²) in [5.74, 6) is -0.881. The zero-order chi connectivity index (χ0) is 17.1. The van der Waals surface area contributed by atoms with E-state index < -0.39 is 18.2 Å². The number of ether oxygens (including phenoxy) is 1. The molecule has 1 aromatic rings. The number of nitrogens with one attached hydrogen (secondary N) is 1. The van der Waals surface area contributed by atoms with Crippen molar-refractivity contribution < 1.29 is 27.8 Å². The van der Waals surface area contributed by atoms with Crippen LogP contribution in [0.1, 0.15) is 36.5 Å². The molecular weight excluding hydrogens is 313 g/mol. The topological polar surface area (TPSA) is 71.5 Å². The molecule has 0 spiro atoms. The fourth-order valence-corrected chi connectivity index (χ4v) is 2.18. The van der Waals surface area contributed by atoms with Crippen molar-refractivity contribution in [3.05, 3.63) is 23.9 Å². The van der Waals surface area contributed by atoms with Crippen LogP contribution in [0.25, 0.3) is 0 Å². The highest BCUT2D eigenvalue weighted by molar-refractivity contribution is 5.96. The van der Waals surface area contributed by atoms with E-state index in [-0.39, 0.29) is 23.5 Å². The van der Waals surface area contributed by atoms with Crippen LogP contribution in [-0.4, -0.2) is 41.4 Å². The summed E-state index contributed by atoms with van der Waals surface area (Å²) >= 11 is 0. The van der Waals surface area contributed by atoms with Crippen LogP contribution in [0.2, 0.25) is 0 Å². The number of rotatable bonds is 7. The van der Waals surface area contributed by atoms with Gasteiger partial charge in [0.25, 0.3) is 5.91 Å². The number of carbonyl (C=O) groups excluding carboxylic acids is 1. The maximum atomic E-state index is 12.6. The molecule has 0 aliphatic heterocycles. The van der Waals surface area contributed by atoms with Crippen LogP contribution in [0.3, 0.4) is 0 Å². The van der Waals surface area contributed by atoms with Gasteiger partial charge in [0.2, 0.25) is 5.88 Å². The Kier molecular flexibility index (Phi) is 5.13. The number of pyridine rings is 1. The minimum atomic E-state index is -4.54. The molecule has 8 heteroatoms. The van der Waals surface area contributed by atoms with E-state index in [1.807, 2.05) is 0 Å². The summed E-state index contributed by atoms with van der Waals surface area (Å²) in [4.78, 5) is 15.9. The van der Waals surface area contributed by atoms with Gasteiger partial charge in [-0.25, -0.2) is 4.98 Å². The van der Waals surface area contributed by atoms with Gasteiger partial charge in [-0.1, -0.05) is 0 Å². The molecule has 23 heavy (non-hydrogen) atoms. The third kappa shape index (κ3) is 4.57. The van der Waals surface area contributed by atoms with Gasteiger partial charge in [0.1, 0.15) is 5.56 Å². The van der Waals surface area contributed by atoms with Crippen molar-refractivity contribution in [1.29, 1.82) is 0 Å². The highest BCUT2D eigenvalue weighted by atomic mass is 19.4. The summed E-state index contributed by atoms with van der Waals surface area (Å²) in [6.45, 7) is 1.27. The number of amides is 1. The van der Waals surface area contributed by atoms with Gasteiger partial charge in [-0.15, -0.1) is 0 Å². The van der Waals surface area contributed by atoms with Crippen molar-refractivity contribution in [2.24, 2.45) is 5.41 Å². The zero-order valence-electron chi connectivity index (χ0n) is 12.7. The smallest absolute Gasteiger partial charge is 0.425 e. The Labute approximate surface area is 131 Å². The molecule has 0 unspecified atom stereocenters. The Morgan fingerprint density at radius 2 is 2.22 bits per heavy atom. The van der Waals surface area contributed by atoms with Crippen LogP contribution >= 0.6 is 0 Å². The number of halogens is 3. The van der Waals surface area contributed by atoms with Crippen molar-refractivity contribution in [2.45, 2.75) is 38.5 Å². The zero-order valence-corrected chi connectivity index (χ0v) is 12.7. The quantitative estimate of drug-likeness (QED) is 0.804. The molecule has 5 nitrogen and oxygen atoms in total. The minimum absolute atomic E-state index is 0.0385. The molecule has 1 aromatic heterocycles. The van der Waals surface area contributed by atoms with Crippen molar-refractivity contribution in [3.63, 3.8) is 0 Å². The van der Waals surface area contributed by atoms with Crippen LogP contribution in [0, 0.1) is 5.41 Å². The normalized spacial score (nSPS) is 17.4. The van der Waals surface area contributed by atoms with E-state index in [9.17, 15) is 18.0 Å². The van der Waals surface area contributed by atoms with Gasteiger partial charge in [0.15, 0.2) is 6.10 Å². The fourth-order valence-electron chi connectivity index (χ4n) is 2.18. The van der Waals surface area contributed by atoms with Crippen LogP contribution in [-0.2, 0) is 0 Å². The molecule has 0 bridgehead atoms. The number of aliphatic hydroxyl groups is 1. The van der Waals surface area contributed by atoms with Gasteiger partial charge < -0.3 is 15.2 Å². The van der Waals surface area contributed by atoms with Crippen LogP contribution in [0.5, 0.6) is 5.88 Å². The summed E-state index contributed by atoms with van der Waals surface area (Å²) in [5.41, 5.74) is -0.129. The molecule has 1 fully saturated rings. The minimum Gasteiger partial charge on any atom is -0.464 e. The monoisotopic (exact) mass is 332 g/mol. The maximum Gasteiger partial charge on any atom is 0.425 e. The third-order valence-corrected chi connectivity index (χ3v) is 3.99. The van der Waals surface area contributed by atoms with Gasteiger partial charge in [-0.05, 0) is 43.7 Å². The van der Waals surface area contributed by atoms with E-state index in [0.717, 1.165) is 19.8 Å². The standard InChI is InChI=1S/C15H19F3N2O3/c1-10(15(16,17)18)23-13-11(3-2-7-19-13)12(22)20-9-14(4-5-14)6-8-21/h2-3,7,10,21H,4-6,8-9H2,1H3,(H,20,22)/t10-/m1/s1. The lowest BCUT2D eigenvalue weighted by atomic mass is 10.0. The fraction of sp³-hybridized carbons (Fsp3) is 0.600. The Morgan fingerprint density at radius 3 is 2.78 bits per heavy atom. The number of nitrogens with zero attached hydrogens (tertiary/aromatic N) is 1. The highest BCUT2D eigenvalue weighted by Crippen LogP contribution is 2.47. The molecular formula is C15H19F3N2O3. The Balaban J connectivity index is 2.03. The first kappa shape index (κ1) is 17.5. The van der Waals surface area contributed by atoms with E-state index >= 15 is 0 Å². The molecule has 0 aromatic carbocycles. The Hall–Kier alpha value is -1.83. The molecule has 1 aliphatic carbocycles. The van der Waals surface area contributed by atoms with E-state index in [1.165, 1.54) is 18.3 Å². The second kappa shape index (κ2) is 6.74. The number of aliphatic hydroxyl groups excluding tert-OH is 1. The largest absolute Gasteiger partial charge is 0.464 e. The van der Waals surface area contributed by atoms with Crippen LogP contribution in [0.15, 0.2) is 18.3 Å². The van der Waals surface area contributed by atoms with Gasteiger partial charge in [0, 0.05) is 19.3 Å². The second-order valence-electron chi connectivity index (χ2n) is 5.81. The third-order valence-electron chi connectivity index (χ3n) is 3.99. The summed E-state index contributed by atoms with van der Waals surface area (Å²) in [6.07, 6.45) is -2.92. The van der Waals surface area contributed by atoms with Crippen molar-refractivity contribution in [1.82, 2.24) is 10.3 Å². The Bertz CT molecular complexity index is 559. The van der Waals surface area contributed by atoms with Crippen LogP contribution < -0.4 is 10.1 Å². The lowest BCUT2D eigenvalue weighted by molar-refractivity contribution is -0.190. The molecule has 2 rings (SSSR count). The Morgan fingerprint density at radius 1 is 1.52 bits per heavy atom. The summed E-state index contributed by atoms with van der Waals surface area (Å²) in [5, 5.41) is 11.7. The first-order valence-electron chi connectivity index (χ1n) is 7.35. The first-order chi connectivity index (χ1) is 10.8. The van der Waals surface area contributed by atoms with Crippen molar-refractivity contribution in [3.8, 4) is 5.88 Å². The molecule has 1 saturated carbocycles. The average Bonchev–Trinajstić information content (AvgIpc) is 3.25. The number of alkyl halides is 3. The molecule has 1 atom stereocenters. The predicted octanol–water partition coefficient (Wildman–Crippen LogP) is 2.30. The molecule has 1 heterocycles. The highest BCUT2D eigenvalue weighted by Gasteiger charge is 2.42. The number of hydrogen-bond acceptors (Lipinski definition) is 4. The van der Waals surface area contributed by atoms with Gasteiger partial charge in [-0.3, -0.25) is 4.79 Å². The lowest BCUT2D eigenvalue weighted by Gasteiger charge is -2.19. The van der Waals surface area contributed by atoms with E-state index in [1.54, 1.807) is 0 Å². The predicted molar refractivity (Wildman–Crippen MR) is 76.1 cm³/mol. The average molecular weight is 332 g/mol. The lowest BCUT2D eigenvalue weighted by Crippen LogP contribution is -2.34. The number of hydrogen-bond donors (Lipinski definition) is 2. The molecule has 128 valence electrons. The number of carbonyl (C=O) groups is 1. The molecule has 1 amide bonds.